The fourth-order valence-corrected chi connectivity index (χ4v) is 3.43. The summed E-state index contributed by atoms with van der Waals surface area (Å²) in [5, 5.41) is 4.57. The topological polar surface area (TPSA) is 185 Å². The van der Waals surface area contributed by atoms with Crippen molar-refractivity contribution in [2.24, 2.45) is 5.73 Å². The van der Waals surface area contributed by atoms with Gasteiger partial charge in [-0.3, -0.25) is 29.3 Å². The monoisotopic (exact) mass is 642 g/mol. The first-order chi connectivity index (χ1) is 21.8. The maximum absolute atomic E-state index is 12.9. The third-order valence-corrected chi connectivity index (χ3v) is 5.41. The van der Waals surface area contributed by atoms with Crippen LogP contribution in [0, 0.1) is 0 Å². The summed E-state index contributed by atoms with van der Waals surface area (Å²) in [5.74, 6) is -0.796. The number of aldehydes is 1. The Kier molecular flexibility index (Phi) is 31.1. The maximum Gasteiger partial charge on any atom is 0.258 e. The zero-order valence-electron chi connectivity index (χ0n) is 27.5. The Morgan fingerprint density at radius 1 is 0.867 bits per heavy atom. The van der Waals surface area contributed by atoms with Crippen molar-refractivity contribution in [1.29, 1.82) is 0 Å². The molecule has 0 aromatic heterocycles. The molecule has 0 heterocycles. The first kappa shape index (κ1) is 43.7. The van der Waals surface area contributed by atoms with Crippen molar-refractivity contribution in [3.63, 3.8) is 0 Å². The number of hydrogen-bond acceptors (Lipinski definition) is 11. The van der Waals surface area contributed by atoms with Crippen LogP contribution in [0.4, 0.5) is 0 Å². The molecule has 14 heteroatoms. The van der Waals surface area contributed by atoms with Crippen molar-refractivity contribution >= 4 is 30.9 Å². The summed E-state index contributed by atoms with van der Waals surface area (Å²) in [6.07, 6.45) is 3.78. The van der Waals surface area contributed by atoms with Crippen molar-refractivity contribution in [3.8, 4) is 5.75 Å². The van der Waals surface area contributed by atoms with Gasteiger partial charge < -0.3 is 39.6 Å². The summed E-state index contributed by atoms with van der Waals surface area (Å²) in [6.45, 7) is 13.6. The number of benzene rings is 1. The van der Waals surface area contributed by atoms with Gasteiger partial charge in [0.2, 0.25) is 18.7 Å². The minimum absolute atomic E-state index is 0.108. The molecule has 14 nitrogen and oxygen atoms in total. The Morgan fingerprint density at radius 3 is 1.89 bits per heavy atom. The van der Waals surface area contributed by atoms with E-state index in [0.717, 1.165) is 0 Å². The molecule has 1 rings (SSSR count). The van der Waals surface area contributed by atoms with E-state index in [-0.39, 0.29) is 23.3 Å². The molecule has 0 saturated carbocycles. The van der Waals surface area contributed by atoms with Gasteiger partial charge in [-0.05, 0) is 19.4 Å². The zero-order chi connectivity index (χ0) is 34.1. The summed E-state index contributed by atoms with van der Waals surface area (Å²) in [5.41, 5.74) is 5.55. The van der Waals surface area contributed by atoms with E-state index in [0.29, 0.717) is 98.1 Å². The number of nitrogens with two attached hydrogens (primary N) is 1. The summed E-state index contributed by atoms with van der Waals surface area (Å²) in [7, 11) is 1.46. The van der Waals surface area contributed by atoms with Gasteiger partial charge >= 0.3 is 0 Å². The third-order valence-electron chi connectivity index (χ3n) is 5.41. The minimum Gasteiger partial charge on any atom is -0.493 e. The molecule has 1 aromatic rings. The molecule has 0 aliphatic heterocycles. The Balaban J connectivity index is 0. The molecule has 1 atom stereocenters. The van der Waals surface area contributed by atoms with Gasteiger partial charge in [0.1, 0.15) is 11.8 Å². The number of imide groups is 1. The minimum atomic E-state index is -0.818. The van der Waals surface area contributed by atoms with E-state index in [1.165, 1.54) is 24.4 Å². The number of likely N-dealkylation sites (N-methyl/N-ethyl adjacent to an activating group) is 1. The molecular weight excluding hydrogens is 588 g/mol. The van der Waals surface area contributed by atoms with Crippen LogP contribution in [-0.2, 0) is 33.3 Å². The van der Waals surface area contributed by atoms with Gasteiger partial charge in [0.15, 0.2) is 6.29 Å². The van der Waals surface area contributed by atoms with Crippen molar-refractivity contribution in [3.05, 3.63) is 29.3 Å². The number of nitrogens with one attached hydrogen (secondary N) is 2. The molecule has 0 radical (unpaired) electrons. The van der Waals surface area contributed by atoms with E-state index in [2.05, 4.69) is 24.5 Å². The Morgan fingerprint density at radius 2 is 1.42 bits per heavy atom. The van der Waals surface area contributed by atoms with Gasteiger partial charge in [0.05, 0.1) is 65.0 Å². The van der Waals surface area contributed by atoms with E-state index in [9.17, 15) is 24.0 Å². The second kappa shape index (κ2) is 32.0. The Hall–Kier alpha value is -3.43. The molecule has 4 N–H and O–H groups in total. The highest BCUT2D eigenvalue weighted by molar-refractivity contribution is 6.05. The summed E-state index contributed by atoms with van der Waals surface area (Å²) in [6, 6.07) is 3.91. The second-order valence-corrected chi connectivity index (χ2v) is 9.14. The van der Waals surface area contributed by atoms with Crippen LogP contribution in [0.15, 0.2) is 18.2 Å². The number of rotatable bonds is 24. The first-order valence-electron chi connectivity index (χ1n) is 15.2. The van der Waals surface area contributed by atoms with Gasteiger partial charge in [0.25, 0.3) is 5.91 Å². The summed E-state index contributed by atoms with van der Waals surface area (Å²) >= 11 is 0. The molecule has 258 valence electrons. The maximum atomic E-state index is 12.9. The normalized spacial score (nSPS) is 10.6. The smallest absolute Gasteiger partial charge is 0.258 e. The lowest BCUT2D eigenvalue weighted by molar-refractivity contribution is -0.129. The predicted octanol–water partition coefficient (Wildman–Crippen LogP) is 1.58. The molecule has 4 amide bonds. The van der Waals surface area contributed by atoms with Crippen LogP contribution in [-0.4, -0.2) is 121 Å². The lowest BCUT2D eigenvalue weighted by atomic mass is 10.0. The van der Waals surface area contributed by atoms with Crippen molar-refractivity contribution < 1.29 is 47.7 Å². The van der Waals surface area contributed by atoms with Gasteiger partial charge in [0, 0.05) is 25.7 Å². The molecule has 0 bridgehead atoms. The van der Waals surface area contributed by atoms with E-state index in [1.54, 1.807) is 19.1 Å². The zero-order valence-corrected chi connectivity index (χ0v) is 27.5. The Bertz CT molecular complexity index is 920. The van der Waals surface area contributed by atoms with Crippen LogP contribution in [0.3, 0.4) is 0 Å². The highest BCUT2D eigenvalue weighted by Crippen LogP contribution is 2.24. The molecule has 0 aliphatic carbocycles. The summed E-state index contributed by atoms with van der Waals surface area (Å²) < 4.78 is 26.3. The molecule has 1 unspecified atom stereocenters. The number of hydrogen-bond donors (Lipinski definition) is 3. The number of carbonyl (C=O) groups excluding carboxylic acids is 5. The van der Waals surface area contributed by atoms with E-state index in [1.807, 2.05) is 6.92 Å². The fraction of sp³-hybridized carbons (Fsp3) is 0.645. The van der Waals surface area contributed by atoms with Crippen LogP contribution in [0.5, 0.6) is 5.75 Å². The SMILES string of the molecule is CCC.CCCC(C(=O)NC=O)N(C)C(=O)c1c(C=O)cccc1OCC.NCCOCCOCCOCCOCCNC=O. The highest BCUT2D eigenvalue weighted by atomic mass is 16.6. The quantitative estimate of drug-likeness (QED) is 0.110. The van der Waals surface area contributed by atoms with Crippen LogP contribution < -0.4 is 21.1 Å². The lowest BCUT2D eigenvalue weighted by Crippen LogP contribution is -2.47. The number of nitrogens with zero attached hydrogens (tertiary/aromatic N) is 1. The second-order valence-electron chi connectivity index (χ2n) is 9.14. The Labute approximate surface area is 267 Å². The van der Waals surface area contributed by atoms with Crippen molar-refractivity contribution in [1.82, 2.24) is 15.5 Å². The van der Waals surface area contributed by atoms with Gasteiger partial charge in [-0.1, -0.05) is 45.7 Å². The molecule has 0 spiro atoms. The van der Waals surface area contributed by atoms with Crippen LogP contribution in [0.2, 0.25) is 0 Å². The fourth-order valence-electron chi connectivity index (χ4n) is 3.43. The van der Waals surface area contributed by atoms with E-state index in [4.69, 9.17) is 29.4 Å². The number of ether oxygens (including phenoxy) is 5. The largest absolute Gasteiger partial charge is 0.493 e. The molecular formula is C31H54N4O10. The number of carbonyl (C=O) groups is 5. The molecule has 0 saturated heterocycles. The molecule has 45 heavy (non-hydrogen) atoms. The van der Waals surface area contributed by atoms with E-state index >= 15 is 0 Å². The average molecular weight is 643 g/mol. The van der Waals surface area contributed by atoms with Gasteiger partial charge in [-0.25, -0.2) is 0 Å². The molecule has 0 aliphatic rings. The molecule has 1 aromatic carbocycles. The highest BCUT2D eigenvalue weighted by Gasteiger charge is 2.29. The lowest BCUT2D eigenvalue weighted by Gasteiger charge is -2.27. The van der Waals surface area contributed by atoms with Crippen molar-refractivity contribution in [2.75, 3.05) is 79.6 Å². The summed E-state index contributed by atoms with van der Waals surface area (Å²) in [4.78, 5) is 57.8. The first-order valence-corrected chi connectivity index (χ1v) is 15.2. The predicted molar refractivity (Wildman–Crippen MR) is 170 cm³/mol. The van der Waals surface area contributed by atoms with Crippen LogP contribution in [0.1, 0.15) is 67.7 Å². The van der Waals surface area contributed by atoms with Crippen LogP contribution in [0.25, 0.3) is 0 Å². The standard InChI is InChI=1S/C17H22N2O5.C11H24N2O5.C3H8/c1-4-7-13(16(22)18-11-21)19(3)17(23)15-12(10-20)8-6-9-14(15)24-5-2;12-1-3-15-5-7-17-9-10-18-8-6-16-4-2-13-11-14;1-3-2/h6,8-11,13H,4-5,7H2,1-3H3,(H,18,21,22);11H,1-10,12H2,(H,13,14);3H2,1-2H3. The van der Waals surface area contributed by atoms with Gasteiger partial charge in [-0.2, -0.15) is 0 Å². The average Bonchev–Trinajstić information content (AvgIpc) is 3.04. The third kappa shape index (κ3) is 21.8. The van der Waals surface area contributed by atoms with E-state index < -0.39 is 17.9 Å². The van der Waals surface area contributed by atoms with Crippen molar-refractivity contribution in [2.45, 2.75) is 53.0 Å². The van der Waals surface area contributed by atoms with Gasteiger partial charge in [-0.15, -0.1) is 0 Å². The molecule has 0 fully saturated rings. The number of amides is 4. The van der Waals surface area contributed by atoms with Crippen LogP contribution >= 0.6 is 0 Å².